The highest BCUT2D eigenvalue weighted by molar-refractivity contribution is 6.34. The summed E-state index contributed by atoms with van der Waals surface area (Å²) in [5.41, 5.74) is 5.69. The van der Waals surface area contributed by atoms with Crippen LogP contribution in [0.2, 0.25) is 5.02 Å². The molecule has 2 aromatic carbocycles. The van der Waals surface area contributed by atoms with Gasteiger partial charge in [-0.1, -0.05) is 41.4 Å². The number of rotatable bonds is 6. The van der Waals surface area contributed by atoms with Gasteiger partial charge in [-0.15, -0.1) is 0 Å². The summed E-state index contributed by atoms with van der Waals surface area (Å²) in [6.07, 6.45) is 3.16. The van der Waals surface area contributed by atoms with E-state index in [1.165, 1.54) is 36.9 Å². The number of amides is 1. The summed E-state index contributed by atoms with van der Waals surface area (Å²) >= 11 is 6.14. The van der Waals surface area contributed by atoms with Gasteiger partial charge in [0.2, 0.25) is 5.91 Å². The Bertz CT molecular complexity index is 1150. The van der Waals surface area contributed by atoms with Crippen LogP contribution < -0.4 is 5.32 Å². The molecule has 0 spiro atoms. The molecule has 0 fully saturated rings. The number of anilines is 1. The molecule has 1 amide bonds. The number of hydrogen-bond acceptors (Lipinski definition) is 4. The highest BCUT2D eigenvalue weighted by Crippen LogP contribution is 2.24. The summed E-state index contributed by atoms with van der Waals surface area (Å²) in [4.78, 5) is 24.1. The molecule has 0 radical (unpaired) electrons. The minimum atomic E-state index is -0.505. The molecule has 160 valence electrons. The summed E-state index contributed by atoms with van der Waals surface area (Å²) in [5, 5.41) is 7.63. The average molecular weight is 438 g/mol. The predicted molar refractivity (Wildman–Crippen MR) is 122 cm³/mol. The number of nitrogens with zero attached hydrogens (tertiary/aromatic N) is 2. The lowest BCUT2D eigenvalue weighted by Crippen LogP contribution is -2.10. The molecule has 6 nitrogen and oxygen atoms in total. The highest BCUT2D eigenvalue weighted by atomic mass is 35.5. The van der Waals surface area contributed by atoms with Gasteiger partial charge in [-0.05, 0) is 50.6 Å². The van der Waals surface area contributed by atoms with Crippen LogP contribution in [0.3, 0.4) is 0 Å². The van der Waals surface area contributed by atoms with Gasteiger partial charge < -0.3 is 10.1 Å². The Labute approximate surface area is 186 Å². The van der Waals surface area contributed by atoms with E-state index in [-0.39, 0.29) is 5.91 Å². The number of benzene rings is 2. The number of carbonyl (C=O) groups excluding carboxylic acids is 2. The fourth-order valence-corrected chi connectivity index (χ4v) is 3.34. The van der Waals surface area contributed by atoms with Gasteiger partial charge in [-0.2, -0.15) is 5.10 Å². The summed E-state index contributed by atoms with van der Waals surface area (Å²) in [6.45, 7) is 6.60. The van der Waals surface area contributed by atoms with Crippen LogP contribution in [0.25, 0.3) is 6.08 Å². The minimum Gasteiger partial charge on any atom is -0.465 e. The molecule has 0 aliphatic carbocycles. The number of esters is 1. The third-order valence-corrected chi connectivity index (χ3v) is 5.27. The lowest BCUT2D eigenvalue weighted by Gasteiger charge is -2.07. The van der Waals surface area contributed by atoms with Crippen molar-refractivity contribution in [2.24, 2.45) is 0 Å². The number of hydrogen-bond donors (Lipinski definition) is 1. The largest absolute Gasteiger partial charge is 0.465 e. The van der Waals surface area contributed by atoms with E-state index >= 15 is 0 Å². The van der Waals surface area contributed by atoms with Crippen LogP contribution in [0.15, 0.2) is 48.5 Å². The van der Waals surface area contributed by atoms with Crippen molar-refractivity contribution in [3.8, 4) is 0 Å². The van der Waals surface area contributed by atoms with Crippen LogP contribution in [-0.4, -0.2) is 28.8 Å². The lowest BCUT2D eigenvalue weighted by molar-refractivity contribution is -0.111. The van der Waals surface area contributed by atoms with Gasteiger partial charge in [0, 0.05) is 17.3 Å². The summed E-state index contributed by atoms with van der Waals surface area (Å²) in [6, 6.07) is 12.9. The van der Waals surface area contributed by atoms with Crippen LogP contribution in [0, 0.1) is 20.8 Å². The molecule has 3 rings (SSSR count). The molecule has 0 unspecified atom stereocenters. The van der Waals surface area contributed by atoms with Gasteiger partial charge in [0.05, 0.1) is 35.6 Å². The van der Waals surface area contributed by atoms with Crippen LogP contribution in [0.5, 0.6) is 0 Å². The second-order valence-electron chi connectivity index (χ2n) is 7.24. The SMILES string of the molecule is COC(=O)c1ccc(Cl)c(NC(=O)/C=C/c2c(C)nn(Cc3ccc(C)cc3)c2C)c1. The Hall–Kier alpha value is -3.38. The molecule has 0 aliphatic rings. The molecule has 0 saturated heterocycles. The zero-order valence-electron chi connectivity index (χ0n) is 17.9. The van der Waals surface area contributed by atoms with Crippen molar-refractivity contribution in [2.75, 3.05) is 12.4 Å². The Kier molecular flexibility index (Phi) is 6.92. The normalized spacial score (nSPS) is 11.0. The van der Waals surface area contributed by atoms with E-state index in [2.05, 4.69) is 41.6 Å². The molecular formula is C24H24ClN3O3. The first-order chi connectivity index (χ1) is 14.8. The van der Waals surface area contributed by atoms with Crippen LogP contribution in [-0.2, 0) is 16.1 Å². The van der Waals surface area contributed by atoms with Gasteiger partial charge in [0.15, 0.2) is 0 Å². The second-order valence-corrected chi connectivity index (χ2v) is 7.64. The lowest BCUT2D eigenvalue weighted by atomic mass is 10.1. The second kappa shape index (κ2) is 9.62. The molecule has 0 aliphatic heterocycles. The number of ether oxygens (including phenoxy) is 1. The zero-order valence-corrected chi connectivity index (χ0v) is 18.7. The fraction of sp³-hybridized carbons (Fsp3) is 0.208. The smallest absolute Gasteiger partial charge is 0.337 e. The topological polar surface area (TPSA) is 73.2 Å². The predicted octanol–water partition coefficient (Wildman–Crippen LogP) is 4.95. The number of carbonyl (C=O) groups is 2. The molecule has 0 saturated carbocycles. The standard InChI is InChI=1S/C24H24ClN3O3/c1-15-5-7-18(8-6-15)14-28-17(3)20(16(2)27-28)10-12-23(29)26-22-13-19(24(30)31-4)9-11-21(22)25/h5-13H,14H2,1-4H3,(H,26,29)/b12-10+. The Morgan fingerprint density at radius 3 is 2.52 bits per heavy atom. The highest BCUT2D eigenvalue weighted by Gasteiger charge is 2.12. The number of methoxy groups -OCH3 is 1. The molecule has 3 aromatic rings. The van der Waals surface area contributed by atoms with E-state index in [9.17, 15) is 9.59 Å². The molecular weight excluding hydrogens is 414 g/mol. The van der Waals surface area contributed by atoms with Gasteiger partial charge >= 0.3 is 5.97 Å². The third-order valence-electron chi connectivity index (χ3n) is 4.94. The first-order valence-corrected chi connectivity index (χ1v) is 10.1. The minimum absolute atomic E-state index is 0.301. The van der Waals surface area contributed by atoms with Crippen molar-refractivity contribution in [3.63, 3.8) is 0 Å². The van der Waals surface area contributed by atoms with Crippen LogP contribution in [0.4, 0.5) is 5.69 Å². The third kappa shape index (κ3) is 5.41. The first kappa shape index (κ1) is 22.3. The molecule has 1 heterocycles. The van der Waals surface area contributed by atoms with Crippen molar-refractivity contribution in [1.82, 2.24) is 9.78 Å². The van der Waals surface area contributed by atoms with Crippen molar-refractivity contribution < 1.29 is 14.3 Å². The number of aromatic nitrogens is 2. The monoisotopic (exact) mass is 437 g/mol. The quantitative estimate of drug-likeness (QED) is 0.437. The van der Waals surface area contributed by atoms with Crippen molar-refractivity contribution in [1.29, 1.82) is 0 Å². The molecule has 0 atom stereocenters. The van der Waals surface area contributed by atoms with E-state index in [0.29, 0.717) is 22.8 Å². The van der Waals surface area contributed by atoms with E-state index in [0.717, 1.165) is 22.5 Å². The maximum atomic E-state index is 12.4. The van der Waals surface area contributed by atoms with Gasteiger partial charge in [-0.25, -0.2) is 4.79 Å². The Morgan fingerprint density at radius 2 is 1.84 bits per heavy atom. The van der Waals surface area contributed by atoms with Gasteiger partial charge in [0.1, 0.15) is 0 Å². The van der Waals surface area contributed by atoms with Gasteiger partial charge in [0.25, 0.3) is 0 Å². The summed E-state index contributed by atoms with van der Waals surface area (Å²) in [7, 11) is 1.29. The molecule has 1 N–H and O–H groups in total. The maximum absolute atomic E-state index is 12.4. The molecule has 0 bridgehead atoms. The van der Waals surface area contributed by atoms with E-state index in [1.807, 2.05) is 18.5 Å². The Morgan fingerprint density at radius 1 is 1.13 bits per heavy atom. The number of halogens is 1. The van der Waals surface area contributed by atoms with E-state index in [1.54, 1.807) is 6.08 Å². The Balaban J connectivity index is 1.74. The fourth-order valence-electron chi connectivity index (χ4n) is 3.17. The molecule has 1 aromatic heterocycles. The van der Waals surface area contributed by atoms with Crippen molar-refractivity contribution >= 4 is 35.2 Å². The van der Waals surface area contributed by atoms with Gasteiger partial charge in [-0.3, -0.25) is 9.48 Å². The zero-order chi connectivity index (χ0) is 22.5. The van der Waals surface area contributed by atoms with Crippen molar-refractivity contribution in [3.05, 3.63) is 87.2 Å². The van der Waals surface area contributed by atoms with Crippen molar-refractivity contribution in [2.45, 2.75) is 27.3 Å². The average Bonchev–Trinajstić information content (AvgIpc) is 3.01. The van der Waals surface area contributed by atoms with E-state index in [4.69, 9.17) is 16.3 Å². The molecule has 7 heteroatoms. The van der Waals surface area contributed by atoms with Crippen LogP contribution >= 0.6 is 11.6 Å². The maximum Gasteiger partial charge on any atom is 0.337 e. The molecule has 31 heavy (non-hydrogen) atoms. The summed E-state index contributed by atoms with van der Waals surface area (Å²) in [5.74, 6) is -0.871. The number of aryl methyl sites for hydroxylation is 2. The van der Waals surface area contributed by atoms with E-state index < -0.39 is 5.97 Å². The first-order valence-electron chi connectivity index (χ1n) is 9.75. The number of nitrogens with one attached hydrogen (secondary N) is 1. The summed E-state index contributed by atoms with van der Waals surface area (Å²) < 4.78 is 6.63. The van der Waals surface area contributed by atoms with Crippen LogP contribution in [0.1, 0.15) is 38.4 Å².